The van der Waals surface area contributed by atoms with Crippen molar-refractivity contribution in [3.63, 3.8) is 0 Å². The molecule has 106 valence electrons. The van der Waals surface area contributed by atoms with E-state index in [-0.39, 0.29) is 11.6 Å². The Morgan fingerprint density at radius 3 is 2.76 bits per heavy atom. The predicted molar refractivity (Wildman–Crippen MR) is 78.4 cm³/mol. The molecule has 3 aromatic rings. The summed E-state index contributed by atoms with van der Waals surface area (Å²) < 4.78 is 10.5. The van der Waals surface area contributed by atoms with Gasteiger partial charge in [-0.25, -0.2) is 0 Å². The van der Waals surface area contributed by atoms with E-state index in [1.54, 1.807) is 13.2 Å². The predicted octanol–water partition coefficient (Wildman–Crippen LogP) is 3.77. The summed E-state index contributed by atoms with van der Waals surface area (Å²) in [6.45, 7) is 0. The zero-order valence-corrected chi connectivity index (χ0v) is 11.8. The summed E-state index contributed by atoms with van der Waals surface area (Å²) in [5.74, 6) is 1.34. The van der Waals surface area contributed by atoms with Crippen LogP contribution in [0.5, 0.6) is 11.5 Å². The quantitative estimate of drug-likeness (QED) is 0.797. The molecule has 0 bridgehead atoms. The van der Waals surface area contributed by atoms with Crippen LogP contribution in [0.25, 0.3) is 22.8 Å². The van der Waals surface area contributed by atoms with Crippen molar-refractivity contribution in [2.24, 2.45) is 0 Å². The maximum atomic E-state index is 9.54. The molecule has 0 aliphatic carbocycles. The van der Waals surface area contributed by atoms with E-state index < -0.39 is 0 Å². The lowest BCUT2D eigenvalue weighted by Crippen LogP contribution is -1.88. The molecule has 21 heavy (non-hydrogen) atoms. The van der Waals surface area contributed by atoms with Crippen molar-refractivity contribution in [2.45, 2.75) is 0 Å². The number of hydrogen-bond donors (Lipinski definition) is 1. The monoisotopic (exact) mass is 302 g/mol. The van der Waals surface area contributed by atoms with Crippen molar-refractivity contribution < 1.29 is 14.4 Å². The van der Waals surface area contributed by atoms with Crippen molar-refractivity contribution >= 4 is 11.6 Å². The SMILES string of the molecule is COc1ccccc1-c1noc(-c2cc(O)ccc2Cl)n1. The summed E-state index contributed by atoms with van der Waals surface area (Å²) in [5, 5.41) is 13.9. The molecule has 2 aromatic carbocycles. The normalized spacial score (nSPS) is 10.6. The standard InChI is InChI=1S/C15H11ClN2O3/c1-20-13-5-3-2-4-10(13)14-17-15(21-18-14)11-8-9(19)6-7-12(11)16/h2-8,19H,1H3. The minimum Gasteiger partial charge on any atom is -0.508 e. The summed E-state index contributed by atoms with van der Waals surface area (Å²) in [7, 11) is 1.58. The maximum Gasteiger partial charge on any atom is 0.259 e. The number of aromatic hydroxyl groups is 1. The first-order valence-electron chi connectivity index (χ1n) is 6.15. The van der Waals surface area contributed by atoms with Crippen LogP contribution in [-0.2, 0) is 0 Å². The minimum atomic E-state index is 0.0754. The minimum absolute atomic E-state index is 0.0754. The number of methoxy groups -OCH3 is 1. The van der Waals surface area contributed by atoms with Crippen molar-refractivity contribution in [3.05, 3.63) is 47.5 Å². The van der Waals surface area contributed by atoms with Gasteiger partial charge in [0.25, 0.3) is 5.89 Å². The molecule has 0 amide bonds. The fourth-order valence-electron chi connectivity index (χ4n) is 1.95. The van der Waals surface area contributed by atoms with Crippen molar-refractivity contribution in [1.82, 2.24) is 10.1 Å². The van der Waals surface area contributed by atoms with Crippen LogP contribution < -0.4 is 4.74 Å². The molecular weight excluding hydrogens is 292 g/mol. The van der Waals surface area contributed by atoms with Gasteiger partial charge in [-0.05, 0) is 30.3 Å². The zero-order valence-electron chi connectivity index (χ0n) is 11.1. The molecule has 0 atom stereocenters. The Bertz CT molecular complexity index is 786. The van der Waals surface area contributed by atoms with Gasteiger partial charge in [-0.3, -0.25) is 0 Å². The van der Waals surface area contributed by atoms with Gasteiger partial charge in [0.15, 0.2) is 0 Å². The van der Waals surface area contributed by atoms with Gasteiger partial charge in [0.2, 0.25) is 5.82 Å². The number of benzene rings is 2. The summed E-state index contributed by atoms with van der Waals surface area (Å²) in [6, 6.07) is 11.9. The molecule has 6 heteroatoms. The Morgan fingerprint density at radius 2 is 1.95 bits per heavy atom. The van der Waals surface area contributed by atoms with Gasteiger partial charge < -0.3 is 14.4 Å². The Kier molecular flexibility index (Phi) is 3.50. The summed E-state index contributed by atoms with van der Waals surface area (Å²) >= 11 is 6.08. The van der Waals surface area contributed by atoms with Gasteiger partial charge in [-0.1, -0.05) is 28.9 Å². The number of phenolic OH excluding ortho intramolecular Hbond substituents is 1. The van der Waals surface area contributed by atoms with Gasteiger partial charge in [-0.15, -0.1) is 0 Å². The van der Waals surface area contributed by atoms with E-state index >= 15 is 0 Å². The summed E-state index contributed by atoms with van der Waals surface area (Å²) in [6.07, 6.45) is 0. The molecule has 0 saturated heterocycles. The average molecular weight is 303 g/mol. The van der Waals surface area contributed by atoms with Gasteiger partial charge >= 0.3 is 0 Å². The van der Waals surface area contributed by atoms with Crippen LogP contribution in [0.1, 0.15) is 0 Å². The second-order valence-corrected chi connectivity index (χ2v) is 4.69. The second kappa shape index (κ2) is 5.46. The lowest BCUT2D eigenvalue weighted by molar-refractivity contribution is 0.413. The molecule has 1 N–H and O–H groups in total. The molecule has 0 aliphatic rings. The van der Waals surface area contributed by atoms with Gasteiger partial charge in [0.05, 0.1) is 23.3 Å². The highest BCUT2D eigenvalue weighted by Gasteiger charge is 2.16. The lowest BCUT2D eigenvalue weighted by atomic mass is 10.2. The van der Waals surface area contributed by atoms with E-state index in [9.17, 15) is 5.11 Å². The first kappa shape index (κ1) is 13.5. The maximum absolute atomic E-state index is 9.54. The van der Waals surface area contributed by atoms with Crippen LogP contribution in [0.15, 0.2) is 47.0 Å². The fraction of sp³-hybridized carbons (Fsp3) is 0.0667. The Balaban J connectivity index is 2.06. The molecular formula is C15H11ClN2O3. The van der Waals surface area contributed by atoms with Gasteiger partial charge in [0.1, 0.15) is 11.5 Å². The number of phenols is 1. The topological polar surface area (TPSA) is 68.4 Å². The zero-order chi connectivity index (χ0) is 14.8. The molecule has 0 unspecified atom stereocenters. The molecule has 3 rings (SSSR count). The van der Waals surface area contributed by atoms with E-state index in [2.05, 4.69) is 10.1 Å². The Morgan fingerprint density at radius 1 is 1.14 bits per heavy atom. The summed E-state index contributed by atoms with van der Waals surface area (Å²) in [4.78, 5) is 4.31. The molecule has 1 heterocycles. The summed E-state index contributed by atoms with van der Waals surface area (Å²) in [5.41, 5.74) is 1.19. The molecule has 0 fully saturated rings. The third kappa shape index (κ3) is 2.55. The van der Waals surface area contributed by atoms with Gasteiger partial charge in [-0.2, -0.15) is 4.98 Å². The number of ether oxygens (including phenoxy) is 1. The van der Waals surface area contributed by atoms with Gasteiger partial charge in [0, 0.05) is 0 Å². The lowest BCUT2D eigenvalue weighted by Gasteiger charge is -2.03. The Labute approximate surface area is 125 Å². The number of nitrogens with zero attached hydrogens (tertiary/aromatic N) is 2. The van der Waals surface area contributed by atoms with E-state index in [1.807, 2.05) is 24.3 Å². The van der Waals surface area contributed by atoms with E-state index in [0.29, 0.717) is 27.7 Å². The van der Waals surface area contributed by atoms with Crippen LogP contribution >= 0.6 is 11.6 Å². The third-order valence-corrected chi connectivity index (χ3v) is 3.28. The highest BCUT2D eigenvalue weighted by molar-refractivity contribution is 6.33. The molecule has 1 aromatic heterocycles. The molecule has 0 spiro atoms. The molecule has 0 aliphatic heterocycles. The van der Waals surface area contributed by atoms with Crippen LogP contribution in [0, 0.1) is 0 Å². The van der Waals surface area contributed by atoms with E-state index in [4.69, 9.17) is 20.9 Å². The highest BCUT2D eigenvalue weighted by atomic mass is 35.5. The highest BCUT2D eigenvalue weighted by Crippen LogP contribution is 2.33. The molecule has 0 saturated carbocycles. The van der Waals surface area contributed by atoms with Crippen LogP contribution in [-0.4, -0.2) is 22.4 Å². The van der Waals surface area contributed by atoms with Crippen LogP contribution in [0.4, 0.5) is 0 Å². The smallest absolute Gasteiger partial charge is 0.259 e. The van der Waals surface area contributed by atoms with Crippen molar-refractivity contribution in [1.29, 1.82) is 0 Å². The van der Waals surface area contributed by atoms with E-state index in [0.717, 1.165) is 0 Å². The number of halogens is 1. The second-order valence-electron chi connectivity index (χ2n) is 4.29. The van der Waals surface area contributed by atoms with Crippen molar-refractivity contribution in [2.75, 3.05) is 7.11 Å². The fourth-order valence-corrected chi connectivity index (χ4v) is 2.15. The number of hydrogen-bond acceptors (Lipinski definition) is 5. The number of aromatic nitrogens is 2. The van der Waals surface area contributed by atoms with E-state index in [1.165, 1.54) is 12.1 Å². The first-order valence-corrected chi connectivity index (χ1v) is 6.53. The average Bonchev–Trinajstić information content (AvgIpc) is 2.99. The van der Waals surface area contributed by atoms with Crippen LogP contribution in [0.3, 0.4) is 0 Å². The molecule has 0 radical (unpaired) electrons. The first-order chi connectivity index (χ1) is 10.2. The molecule has 5 nitrogen and oxygen atoms in total. The number of para-hydroxylation sites is 1. The third-order valence-electron chi connectivity index (χ3n) is 2.95. The number of rotatable bonds is 3. The van der Waals surface area contributed by atoms with Crippen LogP contribution in [0.2, 0.25) is 5.02 Å². The Hall–Kier alpha value is -2.53. The largest absolute Gasteiger partial charge is 0.508 e. The van der Waals surface area contributed by atoms with Crippen molar-refractivity contribution in [3.8, 4) is 34.3 Å².